The fourth-order valence-corrected chi connectivity index (χ4v) is 5.37. The van der Waals surface area contributed by atoms with Crippen LogP contribution in [0.3, 0.4) is 0 Å². The Labute approximate surface area is 181 Å². The molecular formula is C22H30N4O3S. The zero-order valence-corrected chi connectivity index (χ0v) is 18.6. The van der Waals surface area contributed by atoms with Gasteiger partial charge in [-0.15, -0.1) is 0 Å². The van der Waals surface area contributed by atoms with Crippen molar-refractivity contribution in [2.75, 3.05) is 45.1 Å². The molecule has 0 saturated carbocycles. The number of ether oxygens (including phenoxy) is 1. The lowest BCUT2D eigenvalue weighted by Crippen LogP contribution is -2.44. The summed E-state index contributed by atoms with van der Waals surface area (Å²) in [7, 11) is 0. The average molecular weight is 431 g/mol. The third-order valence-electron chi connectivity index (χ3n) is 5.82. The number of rotatable bonds is 5. The van der Waals surface area contributed by atoms with Crippen LogP contribution in [-0.2, 0) is 20.9 Å². The van der Waals surface area contributed by atoms with Crippen molar-refractivity contribution >= 4 is 34.6 Å². The zero-order valence-electron chi connectivity index (χ0n) is 17.7. The minimum atomic E-state index is 0.0897. The minimum Gasteiger partial charge on any atom is -0.378 e. The van der Waals surface area contributed by atoms with E-state index in [9.17, 15) is 9.59 Å². The number of hydrogen-bond acceptors (Lipinski definition) is 5. The fraction of sp³-hybridized carbons (Fsp3) is 0.591. The molecule has 2 atom stereocenters. The molecule has 30 heavy (non-hydrogen) atoms. The van der Waals surface area contributed by atoms with Gasteiger partial charge in [-0.1, -0.05) is 37.7 Å². The summed E-state index contributed by atoms with van der Waals surface area (Å²) in [6, 6.07) is 7.85. The molecule has 0 spiro atoms. The number of carbonyl (C=O) groups is 2. The first-order valence-electron chi connectivity index (χ1n) is 10.7. The van der Waals surface area contributed by atoms with Crippen LogP contribution in [0.2, 0.25) is 0 Å². The second kappa shape index (κ2) is 9.39. The standard InChI is InChI=1S/C22H30N4O3S/c1-16-11-17(2)13-25(12-16)20(27)14-26-19-6-4-3-5-18(19)23-22(26)30-15-21(28)24-7-9-29-10-8-24/h3-6,16-17H,7-15H2,1-2H3. The number of thioether (sulfide) groups is 1. The molecule has 3 heterocycles. The van der Waals surface area contributed by atoms with E-state index in [0.717, 1.165) is 29.3 Å². The molecule has 2 aliphatic heterocycles. The Morgan fingerprint density at radius 3 is 2.50 bits per heavy atom. The van der Waals surface area contributed by atoms with Crippen LogP contribution in [0.5, 0.6) is 0 Å². The molecule has 0 N–H and O–H groups in total. The lowest BCUT2D eigenvalue weighted by molar-refractivity contribution is -0.134. The van der Waals surface area contributed by atoms with E-state index in [1.54, 1.807) is 0 Å². The van der Waals surface area contributed by atoms with E-state index in [0.29, 0.717) is 43.9 Å². The third kappa shape index (κ3) is 4.81. The number of hydrogen-bond donors (Lipinski definition) is 0. The first-order valence-corrected chi connectivity index (χ1v) is 11.7. The van der Waals surface area contributed by atoms with Crippen molar-refractivity contribution in [3.8, 4) is 0 Å². The fourth-order valence-electron chi connectivity index (χ4n) is 4.45. The highest BCUT2D eigenvalue weighted by Gasteiger charge is 2.27. The maximum absolute atomic E-state index is 13.1. The normalized spacial score (nSPS) is 22.5. The van der Waals surface area contributed by atoms with Crippen LogP contribution in [0.1, 0.15) is 20.3 Å². The lowest BCUT2D eigenvalue weighted by Gasteiger charge is -2.35. The third-order valence-corrected chi connectivity index (χ3v) is 6.78. The second-order valence-electron chi connectivity index (χ2n) is 8.50. The van der Waals surface area contributed by atoms with Crippen LogP contribution in [0.25, 0.3) is 11.0 Å². The predicted molar refractivity (Wildman–Crippen MR) is 117 cm³/mol. The van der Waals surface area contributed by atoms with Gasteiger partial charge < -0.3 is 19.1 Å². The quantitative estimate of drug-likeness (QED) is 0.682. The molecule has 2 saturated heterocycles. The lowest BCUT2D eigenvalue weighted by atomic mass is 9.92. The van der Waals surface area contributed by atoms with Crippen molar-refractivity contribution in [3.63, 3.8) is 0 Å². The van der Waals surface area contributed by atoms with E-state index < -0.39 is 0 Å². The van der Waals surface area contributed by atoms with Crippen LogP contribution in [-0.4, -0.2) is 76.3 Å². The molecule has 4 rings (SSSR count). The van der Waals surface area contributed by atoms with Crippen LogP contribution < -0.4 is 0 Å². The number of nitrogens with zero attached hydrogens (tertiary/aromatic N) is 4. The number of likely N-dealkylation sites (tertiary alicyclic amines) is 1. The van der Waals surface area contributed by atoms with E-state index in [1.807, 2.05) is 38.6 Å². The number of piperidine rings is 1. The smallest absolute Gasteiger partial charge is 0.242 e. The highest BCUT2D eigenvalue weighted by molar-refractivity contribution is 7.99. The van der Waals surface area contributed by atoms with Crippen molar-refractivity contribution in [2.45, 2.75) is 32.0 Å². The maximum atomic E-state index is 13.1. The first-order chi connectivity index (χ1) is 14.5. The summed E-state index contributed by atoms with van der Waals surface area (Å²) in [4.78, 5) is 34.2. The number of morpholine rings is 1. The molecule has 1 aromatic carbocycles. The van der Waals surface area contributed by atoms with Gasteiger partial charge in [0.25, 0.3) is 0 Å². The van der Waals surface area contributed by atoms with Gasteiger partial charge >= 0.3 is 0 Å². The molecule has 1 aromatic heterocycles. The Bertz CT molecular complexity index is 899. The van der Waals surface area contributed by atoms with Crippen molar-refractivity contribution in [2.24, 2.45) is 11.8 Å². The largest absolute Gasteiger partial charge is 0.378 e. The maximum Gasteiger partial charge on any atom is 0.242 e. The second-order valence-corrected chi connectivity index (χ2v) is 9.44. The van der Waals surface area contributed by atoms with Gasteiger partial charge in [0.1, 0.15) is 6.54 Å². The molecule has 7 nitrogen and oxygen atoms in total. The van der Waals surface area contributed by atoms with Crippen LogP contribution in [0, 0.1) is 11.8 Å². The summed E-state index contributed by atoms with van der Waals surface area (Å²) in [5.41, 5.74) is 1.79. The number of carbonyl (C=O) groups excluding carboxylic acids is 2. The average Bonchev–Trinajstić information content (AvgIpc) is 3.09. The van der Waals surface area contributed by atoms with Gasteiger partial charge in [-0.25, -0.2) is 4.98 Å². The summed E-state index contributed by atoms with van der Waals surface area (Å²) >= 11 is 1.41. The molecule has 2 aromatic rings. The number of para-hydroxylation sites is 2. The molecule has 2 aliphatic rings. The van der Waals surface area contributed by atoms with E-state index >= 15 is 0 Å². The molecule has 0 bridgehead atoms. The van der Waals surface area contributed by atoms with Crippen molar-refractivity contribution in [1.82, 2.24) is 19.4 Å². The number of amides is 2. The Kier molecular flexibility index (Phi) is 6.63. The number of imidazole rings is 1. The monoisotopic (exact) mass is 430 g/mol. The topological polar surface area (TPSA) is 67.7 Å². The molecule has 0 radical (unpaired) electrons. The zero-order chi connectivity index (χ0) is 21.1. The van der Waals surface area contributed by atoms with E-state index in [-0.39, 0.29) is 18.4 Å². The van der Waals surface area contributed by atoms with Gasteiger partial charge in [0.05, 0.1) is 30.0 Å². The van der Waals surface area contributed by atoms with Gasteiger partial charge in [0.2, 0.25) is 11.8 Å². The van der Waals surface area contributed by atoms with Crippen molar-refractivity contribution < 1.29 is 14.3 Å². The summed E-state index contributed by atoms with van der Waals surface area (Å²) in [5, 5.41) is 0.726. The molecule has 2 amide bonds. The molecule has 2 fully saturated rings. The number of benzene rings is 1. The Morgan fingerprint density at radius 2 is 1.77 bits per heavy atom. The van der Waals surface area contributed by atoms with Gasteiger partial charge in [0, 0.05) is 26.2 Å². The van der Waals surface area contributed by atoms with Gasteiger partial charge in [-0.05, 0) is 30.4 Å². The molecule has 162 valence electrons. The summed E-state index contributed by atoms with van der Waals surface area (Å²) in [6.45, 7) is 8.77. The molecule has 0 aliphatic carbocycles. The molecule has 8 heteroatoms. The van der Waals surface area contributed by atoms with Gasteiger partial charge in [-0.2, -0.15) is 0 Å². The van der Waals surface area contributed by atoms with Crippen molar-refractivity contribution in [1.29, 1.82) is 0 Å². The molecule has 2 unspecified atom stereocenters. The Morgan fingerprint density at radius 1 is 1.07 bits per heavy atom. The van der Waals surface area contributed by atoms with Crippen LogP contribution >= 0.6 is 11.8 Å². The predicted octanol–water partition coefficient (Wildman–Crippen LogP) is 2.49. The summed E-state index contributed by atoms with van der Waals surface area (Å²) in [6.07, 6.45) is 1.17. The van der Waals surface area contributed by atoms with Gasteiger partial charge in [0.15, 0.2) is 5.16 Å². The Balaban J connectivity index is 1.50. The first kappa shape index (κ1) is 21.2. The Hall–Kier alpha value is -2.06. The van der Waals surface area contributed by atoms with E-state index in [1.165, 1.54) is 18.2 Å². The number of fused-ring (bicyclic) bond motifs is 1. The molecular weight excluding hydrogens is 400 g/mol. The highest BCUT2D eigenvalue weighted by Crippen LogP contribution is 2.26. The minimum absolute atomic E-state index is 0.0897. The van der Waals surface area contributed by atoms with Crippen molar-refractivity contribution in [3.05, 3.63) is 24.3 Å². The summed E-state index contributed by atoms with van der Waals surface area (Å²) < 4.78 is 7.30. The highest BCUT2D eigenvalue weighted by atomic mass is 32.2. The van der Waals surface area contributed by atoms with Crippen LogP contribution in [0.15, 0.2) is 29.4 Å². The van der Waals surface area contributed by atoms with Crippen LogP contribution in [0.4, 0.5) is 0 Å². The van der Waals surface area contributed by atoms with Gasteiger partial charge in [-0.3, -0.25) is 9.59 Å². The SMILES string of the molecule is CC1CC(C)CN(C(=O)Cn2c(SCC(=O)N3CCOCC3)nc3ccccc32)C1. The van der Waals surface area contributed by atoms with E-state index in [4.69, 9.17) is 9.72 Å². The number of aromatic nitrogens is 2. The summed E-state index contributed by atoms with van der Waals surface area (Å²) in [5.74, 6) is 1.58. The van der Waals surface area contributed by atoms with E-state index in [2.05, 4.69) is 13.8 Å².